The average Bonchev–Trinajstić information content (AvgIpc) is 3.02. The zero-order valence-corrected chi connectivity index (χ0v) is 17.6. The van der Waals surface area contributed by atoms with E-state index in [0.717, 1.165) is 17.3 Å². The van der Waals surface area contributed by atoms with Crippen LogP contribution in [0.15, 0.2) is 24.4 Å². The summed E-state index contributed by atoms with van der Waals surface area (Å²) in [5, 5.41) is 14.8. The molecule has 0 bridgehead atoms. The lowest BCUT2D eigenvalue weighted by Crippen LogP contribution is -2.52. The Labute approximate surface area is 172 Å². The van der Waals surface area contributed by atoms with Gasteiger partial charge in [0.05, 0.1) is 35.9 Å². The highest BCUT2D eigenvalue weighted by Crippen LogP contribution is 2.31. The van der Waals surface area contributed by atoms with Crippen LogP contribution in [0.1, 0.15) is 56.3 Å². The number of carbonyl (C=O) groups is 1. The summed E-state index contributed by atoms with van der Waals surface area (Å²) in [5.41, 5.74) is 0.530. The van der Waals surface area contributed by atoms with E-state index in [-0.39, 0.29) is 5.91 Å². The molecule has 1 aliphatic heterocycles. The van der Waals surface area contributed by atoms with Gasteiger partial charge in [-0.25, -0.2) is 0 Å². The summed E-state index contributed by atoms with van der Waals surface area (Å²) >= 11 is 6.42. The third-order valence-corrected chi connectivity index (χ3v) is 5.78. The lowest BCUT2D eigenvalue weighted by Gasteiger charge is -2.36. The predicted octanol–water partition coefficient (Wildman–Crippen LogP) is 4.39. The number of nitrogens with one attached hydrogen (secondary N) is 1. The van der Waals surface area contributed by atoms with E-state index in [1.807, 2.05) is 16.7 Å². The standard InChI is InChI=1S/C22H31ClN2O3/c1-3-4-5-6-8-16(2)11-24-21(26)17-12-25(13-22(27)14-28-15-22)19-10-7-9-18(23)20(17)19/h7,9-10,12,16,27H,3-6,8,11,13-15H2,1-2H3,(H,24,26). The van der Waals surface area contributed by atoms with E-state index in [1.165, 1.54) is 25.7 Å². The average molecular weight is 407 g/mol. The molecule has 5 nitrogen and oxygen atoms in total. The smallest absolute Gasteiger partial charge is 0.253 e. The number of halogens is 1. The highest BCUT2D eigenvalue weighted by Gasteiger charge is 2.37. The summed E-state index contributed by atoms with van der Waals surface area (Å²) in [5.74, 6) is 0.326. The maximum atomic E-state index is 12.9. The first-order chi connectivity index (χ1) is 13.4. The van der Waals surface area contributed by atoms with Crippen LogP contribution in [-0.2, 0) is 11.3 Å². The number of hydrogen-bond acceptors (Lipinski definition) is 3. The maximum absolute atomic E-state index is 12.9. The van der Waals surface area contributed by atoms with Gasteiger partial charge in [-0.1, -0.05) is 57.2 Å². The van der Waals surface area contributed by atoms with Gasteiger partial charge in [-0.2, -0.15) is 0 Å². The van der Waals surface area contributed by atoms with Crippen LogP contribution in [0.5, 0.6) is 0 Å². The highest BCUT2D eigenvalue weighted by atomic mass is 35.5. The van der Waals surface area contributed by atoms with Crippen LogP contribution in [0.3, 0.4) is 0 Å². The van der Waals surface area contributed by atoms with Gasteiger partial charge in [-0.3, -0.25) is 4.79 Å². The normalized spacial score (nSPS) is 16.7. The van der Waals surface area contributed by atoms with E-state index >= 15 is 0 Å². The molecule has 1 aromatic heterocycles. The van der Waals surface area contributed by atoms with Crippen LogP contribution in [-0.4, -0.2) is 40.9 Å². The topological polar surface area (TPSA) is 63.5 Å². The Kier molecular flexibility index (Phi) is 7.02. The molecule has 154 valence electrons. The molecule has 28 heavy (non-hydrogen) atoms. The third kappa shape index (κ3) is 4.88. The minimum Gasteiger partial charge on any atom is -0.383 e. The van der Waals surface area contributed by atoms with Gasteiger partial charge in [-0.15, -0.1) is 0 Å². The molecule has 0 radical (unpaired) electrons. The summed E-state index contributed by atoms with van der Waals surface area (Å²) in [6.07, 6.45) is 7.89. The molecule has 1 fully saturated rings. The van der Waals surface area contributed by atoms with Crippen LogP contribution < -0.4 is 5.32 Å². The highest BCUT2D eigenvalue weighted by molar-refractivity contribution is 6.36. The molecule has 3 rings (SSSR count). The molecule has 1 unspecified atom stereocenters. The molecule has 6 heteroatoms. The van der Waals surface area contributed by atoms with Crippen molar-refractivity contribution in [2.45, 2.75) is 58.1 Å². The van der Waals surface area contributed by atoms with Gasteiger partial charge in [0.1, 0.15) is 5.60 Å². The quantitative estimate of drug-likeness (QED) is 0.575. The monoisotopic (exact) mass is 406 g/mol. The van der Waals surface area contributed by atoms with Gasteiger partial charge in [0.25, 0.3) is 5.91 Å². The number of benzene rings is 1. The molecule has 1 atom stereocenters. The number of unbranched alkanes of at least 4 members (excludes halogenated alkanes) is 3. The molecular formula is C22H31ClN2O3. The minimum absolute atomic E-state index is 0.117. The minimum atomic E-state index is -0.880. The number of aliphatic hydroxyl groups is 1. The van der Waals surface area contributed by atoms with Crippen molar-refractivity contribution in [1.82, 2.24) is 9.88 Å². The van der Waals surface area contributed by atoms with E-state index in [4.69, 9.17) is 16.3 Å². The second kappa shape index (κ2) is 9.29. The molecule has 0 spiro atoms. The molecule has 1 saturated heterocycles. The second-order valence-corrected chi connectivity index (χ2v) is 8.59. The first-order valence-electron chi connectivity index (χ1n) is 10.3. The Bertz CT molecular complexity index is 813. The molecule has 1 aliphatic rings. The Hall–Kier alpha value is -1.56. The Balaban J connectivity index is 1.70. The lowest BCUT2D eigenvalue weighted by molar-refractivity contribution is -0.184. The Morgan fingerprint density at radius 2 is 2.14 bits per heavy atom. The predicted molar refractivity (Wildman–Crippen MR) is 113 cm³/mol. The Morgan fingerprint density at radius 3 is 2.82 bits per heavy atom. The zero-order valence-electron chi connectivity index (χ0n) is 16.8. The third-order valence-electron chi connectivity index (χ3n) is 5.47. The van der Waals surface area contributed by atoms with Crippen molar-refractivity contribution < 1.29 is 14.6 Å². The summed E-state index contributed by atoms with van der Waals surface area (Å²) in [7, 11) is 0. The van der Waals surface area contributed by atoms with Crippen molar-refractivity contribution in [1.29, 1.82) is 0 Å². The van der Waals surface area contributed by atoms with Crippen LogP contribution in [0, 0.1) is 5.92 Å². The molecule has 1 amide bonds. The van der Waals surface area contributed by atoms with Gasteiger partial charge >= 0.3 is 0 Å². The van der Waals surface area contributed by atoms with Crippen LogP contribution in [0.2, 0.25) is 5.02 Å². The van der Waals surface area contributed by atoms with Gasteiger partial charge in [0, 0.05) is 18.1 Å². The van der Waals surface area contributed by atoms with E-state index in [9.17, 15) is 9.90 Å². The van der Waals surface area contributed by atoms with E-state index in [1.54, 1.807) is 12.3 Å². The van der Waals surface area contributed by atoms with Crippen molar-refractivity contribution in [3.8, 4) is 0 Å². The fourth-order valence-corrected chi connectivity index (χ4v) is 4.01. The molecule has 0 aliphatic carbocycles. The van der Waals surface area contributed by atoms with E-state index in [0.29, 0.717) is 42.8 Å². The first kappa shape index (κ1) is 21.2. The summed E-state index contributed by atoms with van der Waals surface area (Å²) in [6, 6.07) is 5.59. The summed E-state index contributed by atoms with van der Waals surface area (Å²) in [4.78, 5) is 12.9. The maximum Gasteiger partial charge on any atom is 0.253 e. The summed E-state index contributed by atoms with van der Waals surface area (Å²) < 4.78 is 7.05. The number of ether oxygens (including phenoxy) is 1. The van der Waals surface area contributed by atoms with Crippen LogP contribution in [0.25, 0.3) is 10.9 Å². The van der Waals surface area contributed by atoms with Gasteiger partial charge < -0.3 is 19.7 Å². The van der Waals surface area contributed by atoms with Gasteiger partial charge in [0.15, 0.2) is 0 Å². The zero-order chi connectivity index (χ0) is 20.1. The molecule has 2 heterocycles. The molecular weight excluding hydrogens is 376 g/mol. The first-order valence-corrected chi connectivity index (χ1v) is 10.7. The number of nitrogens with zero attached hydrogens (tertiary/aromatic N) is 1. The van der Waals surface area contributed by atoms with Crippen LogP contribution in [0.4, 0.5) is 0 Å². The van der Waals surface area contributed by atoms with Gasteiger partial charge in [0.2, 0.25) is 0 Å². The number of carbonyl (C=O) groups excluding carboxylic acids is 1. The number of hydrogen-bond donors (Lipinski definition) is 2. The van der Waals surface area contributed by atoms with Crippen LogP contribution >= 0.6 is 11.6 Å². The number of rotatable bonds is 10. The van der Waals surface area contributed by atoms with Gasteiger partial charge in [-0.05, 0) is 24.5 Å². The fourth-order valence-electron chi connectivity index (χ4n) is 3.74. The molecule has 1 aromatic carbocycles. The van der Waals surface area contributed by atoms with Crippen molar-refractivity contribution in [3.63, 3.8) is 0 Å². The molecule has 2 N–H and O–H groups in total. The fraction of sp³-hybridized carbons (Fsp3) is 0.591. The lowest BCUT2D eigenvalue weighted by atomic mass is 10.0. The largest absolute Gasteiger partial charge is 0.383 e. The SMILES string of the molecule is CCCCCCC(C)CNC(=O)c1cn(CC2(O)COC2)c2cccc(Cl)c12. The van der Waals surface area contributed by atoms with E-state index in [2.05, 4.69) is 19.2 Å². The second-order valence-electron chi connectivity index (χ2n) is 8.19. The van der Waals surface area contributed by atoms with Crippen molar-refractivity contribution in [2.24, 2.45) is 5.92 Å². The molecule has 2 aromatic rings. The van der Waals surface area contributed by atoms with Crippen molar-refractivity contribution >= 4 is 28.4 Å². The summed E-state index contributed by atoms with van der Waals surface area (Å²) in [6.45, 7) is 6.04. The molecule has 0 saturated carbocycles. The van der Waals surface area contributed by atoms with E-state index < -0.39 is 5.60 Å². The van der Waals surface area contributed by atoms with Crippen molar-refractivity contribution in [3.05, 3.63) is 35.0 Å². The van der Waals surface area contributed by atoms with Crippen molar-refractivity contribution in [2.75, 3.05) is 19.8 Å². The Morgan fingerprint density at radius 1 is 1.36 bits per heavy atom. The number of amides is 1. The number of fused-ring (bicyclic) bond motifs is 1. The number of aromatic nitrogens is 1.